The van der Waals surface area contributed by atoms with Crippen molar-refractivity contribution in [2.24, 2.45) is 4.99 Å². The highest BCUT2D eigenvalue weighted by molar-refractivity contribution is 5.85. The zero-order valence-corrected chi connectivity index (χ0v) is 20.4. The summed E-state index contributed by atoms with van der Waals surface area (Å²) in [4.78, 5) is 15.8. The van der Waals surface area contributed by atoms with E-state index in [0.29, 0.717) is 45.9 Å². The van der Waals surface area contributed by atoms with Crippen LogP contribution in [0.3, 0.4) is 0 Å². The SMILES string of the molecule is CC(CCC(F)F)=Nc1ccc(-c2c(F)cn3nc(NC4CCN(C5COC5)CC4)ncc23)nc1C. The van der Waals surface area contributed by atoms with E-state index >= 15 is 0 Å². The Morgan fingerprint density at radius 1 is 1.25 bits per heavy atom. The fraction of sp³-hybridized carbons (Fsp3) is 0.520. The van der Waals surface area contributed by atoms with Crippen LogP contribution in [-0.4, -0.2) is 75.0 Å². The molecule has 0 unspecified atom stereocenters. The Bertz CT molecular complexity index is 1250. The first-order valence-corrected chi connectivity index (χ1v) is 12.3. The van der Waals surface area contributed by atoms with Crippen molar-refractivity contribution in [3.63, 3.8) is 0 Å². The largest absolute Gasteiger partial charge is 0.378 e. The summed E-state index contributed by atoms with van der Waals surface area (Å²) >= 11 is 0. The molecule has 2 aliphatic rings. The van der Waals surface area contributed by atoms with Crippen LogP contribution in [0.5, 0.6) is 0 Å². The van der Waals surface area contributed by atoms with Gasteiger partial charge >= 0.3 is 0 Å². The molecule has 0 bridgehead atoms. The summed E-state index contributed by atoms with van der Waals surface area (Å²) in [6.45, 7) is 7.14. The molecule has 0 spiro atoms. The maximum absolute atomic E-state index is 15.0. The van der Waals surface area contributed by atoms with Gasteiger partial charge in [0.1, 0.15) is 0 Å². The zero-order chi connectivity index (χ0) is 25.2. The van der Waals surface area contributed by atoms with E-state index in [0.717, 1.165) is 39.1 Å². The van der Waals surface area contributed by atoms with Crippen LogP contribution < -0.4 is 5.32 Å². The van der Waals surface area contributed by atoms with E-state index in [4.69, 9.17) is 4.74 Å². The van der Waals surface area contributed by atoms with Gasteiger partial charge in [-0.3, -0.25) is 14.9 Å². The minimum Gasteiger partial charge on any atom is -0.378 e. The Labute approximate surface area is 207 Å². The summed E-state index contributed by atoms with van der Waals surface area (Å²) in [7, 11) is 0. The average Bonchev–Trinajstić information content (AvgIpc) is 3.14. The van der Waals surface area contributed by atoms with Gasteiger partial charge < -0.3 is 10.1 Å². The molecule has 2 fully saturated rings. The molecule has 192 valence electrons. The lowest BCUT2D eigenvalue weighted by atomic mass is 10.0. The van der Waals surface area contributed by atoms with Crippen LogP contribution in [-0.2, 0) is 4.74 Å². The van der Waals surface area contributed by atoms with Crippen LogP contribution in [0.1, 0.15) is 38.3 Å². The van der Waals surface area contributed by atoms with Crippen LogP contribution in [0.15, 0.2) is 29.5 Å². The van der Waals surface area contributed by atoms with Gasteiger partial charge in [-0.1, -0.05) is 0 Å². The Kier molecular flexibility index (Phi) is 7.20. The predicted octanol–water partition coefficient (Wildman–Crippen LogP) is 4.65. The second-order valence-corrected chi connectivity index (χ2v) is 9.49. The predicted molar refractivity (Wildman–Crippen MR) is 132 cm³/mol. The third-order valence-electron chi connectivity index (χ3n) is 6.84. The number of piperidine rings is 1. The third kappa shape index (κ3) is 5.36. The lowest BCUT2D eigenvalue weighted by Gasteiger charge is -2.41. The summed E-state index contributed by atoms with van der Waals surface area (Å²) < 4.78 is 46.7. The van der Waals surface area contributed by atoms with Gasteiger partial charge in [-0.2, -0.15) is 0 Å². The number of aliphatic imine (C=N–C) groups is 1. The van der Waals surface area contributed by atoms with E-state index in [9.17, 15) is 13.2 Å². The second-order valence-electron chi connectivity index (χ2n) is 9.49. The monoisotopic (exact) mass is 501 g/mol. The van der Waals surface area contributed by atoms with Crippen molar-refractivity contribution in [3.8, 4) is 11.3 Å². The van der Waals surface area contributed by atoms with Crippen LogP contribution in [0.25, 0.3) is 16.8 Å². The van der Waals surface area contributed by atoms with E-state index in [2.05, 4.69) is 30.3 Å². The molecular formula is C25H30F3N7O. The number of fused-ring (bicyclic) bond motifs is 1. The molecule has 0 aromatic carbocycles. The highest BCUT2D eigenvalue weighted by atomic mass is 19.3. The molecule has 0 amide bonds. The molecule has 0 atom stereocenters. The van der Waals surface area contributed by atoms with Crippen LogP contribution >= 0.6 is 0 Å². The smallest absolute Gasteiger partial charge is 0.241 e. The number of nitrogens with zero attached hydrogens (tertiary/aromatic N) is 6. The van der Waals surface area contributed by atoms with Gasteiger partial charge in [0, 0.05) is 31.3 Å². The van der Waals surface area contributed by atoms with Crippen molar-refractivity contribution >= 4 is 22.9 Å². The number of anilines is 1. The summed E-state index contributed by atoms with van der Waals surface area (Å²) in [6, 6.07) is 4.22. The average molecular weight is 502 g/mol. The number of rotatable bonds is 8. The normalized spacial score (nSPS) is 18.2. The second kappa shape index (κ2) is 10.5. The van der Waals surface area contributed by atoms with Gasteiger partial charge in [-0.15, -0.1) is 5.10 Å². The van der Waals surface area contributed by atoms with Crippen molar-refractivity contribution < 1.29 is 17.9 Å². The van der Waals surface area contributed by atoms with Crippen LogP contribution in [0, 0.1) is 12.7 Å². The van der Waals surface area contributed by atoms with Crippen molar-refractivity contribution in [1.29, 1.82) is 0 Å². The maximum atomic E-state index is 15.0. The maximum Gasteiger partial charge on any atom is 0.241 e. The molecule has 5 rings (SSSR count). The lowest BCUT2D eigenvalue weighted by Crippen LogP contribution is -2.53. The van der Waals surface area contributed by atoms with E-state index in [-0.39, 0.29) is 18.9 Å². The van der Waals surface area contributed by atoms with Gasteiger partial charge in [0.15, 0.2) is 5.82 Å². The summed E-state index contributed by atoms with van der Waals surface area (Å²) in [5.41, 5.74) is 3.02. The van der Waals surface area contributed by atoms with Crippen molar-refractivity contribution in [1.82, 2.24) is 24.5 Å². The lowest BCUT2D eigenvalue weighted by molar-refractivity contribution is -0.0705. The molecule has 0 radical (unpaired) electrons. The molecule has 2 aliphatic heterocycles. The minimum atomic E-state index is -2.36. The summed E-state index contributed by atoms with van der Waals surface area (Å²) in [5, 5.41) is 7.87. The Hall–Kier alpha value is -3.05. The molecule has 36 heavy (non-hydrogen) atoms. The Morgan fingerprint density at radius 2 is 2.03 bits per heavy atom. The number of pyridine rings is 1. The number of aromatic nitrogens is 4. The summed E-state index contributed by atoms with van der Waals surface area (Å²) in [6.07, 6.45) is 2.53. The highest BCUT2D eigenvalue weighted by Gasteiger charge is 2.30. The Morgan fingerprint density at radius 3 is 2.69 bits per heavy atom. The molecule has 3 aromatic rings. The zero-order valence-electron chi connectivity index (χ0n) is 20.4. The topological polar surface area (TPSA) is 79.9 Å². The third-order valence-corrected chi connectivity index (χ3v) is 6.84. The molecule has 5 heterocycles. The van der Waals surface area contributed by atoms with Gasteiger partial charge in [-0.25, -0.2) is 22.7 Å². The van der Waals surface area contributed by atoms with Crippen molar-refractivity contribution in [2.75, 3.05) is 31.6 Å². The molecule has 0 aliphatic carbocycles. The molecule has 2 saturated heterocycles. The molecule has 11 heteroatoms. The van der Waals surface area contributed by atoms with Crippen LogP contribution in [0.4, 0.5) is 24.8 Å². The van der Waals surface area contributed by atoms with E-state index in [1.807, 2.05) is 0 Å². The van der Waals surface area contributed by atoms with Crippen LogP contribution in [0.2, 0.25) is 0 Å². The number of aryl methyl sites for hydroxylation is 1. The van der Waals surface area contributed by atoms with E-state index in [1.165, 1.54) is 10.7 Å². The minimum absolute atomic E-state index is 0.208. The molecule has 0 saturated carbocycles. The quantitative estimate of drug-likeness (QED) is 0.453. The number of hydrogen-bond donors (Lipinski definition) is 1. The molecule has 3 aromatic heterocycles. The fourth-order valence-corrected chi connectivity index (χ4v) is 4.67. The number of nitrogens with one attached hydrogen (secondary N) is 1. The first-order chi connectivity index (χ1) is 17.4. The Balaban J connectivity index is 1.30. The van der Waals surface area contributed by atoms with Gasteiger partial charge in [0.05, 0.1) is 59.8 Å². The van der Waals surface area contributed by atoms with Crippen molar-refractivity contribution in [3.05, 3.63) is 36.0 Å². The molecule has 1 N–H and O–H groups in total. The fourth-order valence-electron chi connectivity index (χ4n) is 4.67. The molecule has 8 nitrogen and oxygen atoms in total. The number of likely N-dealkylation sites (tertiary alicyclic amines) is 1. The first kappa shape index (κ1) is 24.6. The van der Waals surface area contributed by atoms with Gasteiger partial charge in [0.25, 0.3) is 0 Å². The summed E-state index contributed by atoms with van der Waals surface area (Å²) in [5.74, 6) is 0.0105. The van der Waals surface area contributed by atoms with E-state index in [1.54, 1.807) is 32.2 Å². The highest BCUT2D eigenvalue weighted by Crippen LogP contribution is 2.30. The number of hydrogen-bond acceptors (Lipinski definition) is 7. The number of halogens is 3. The first-order valence-electron chi connectivity index (χ1n) is 12.3. The van der Waals surface area contributed by atoms with Crippen molar-refractivity contribution in [2.45, 2.75) is 58.0 Å². The van der Waals surface area contributed by atoms with E-state index < -0.39 is 12.2 Å². The standard InChI is InChI=1S/C25H30F3N7O/c1-15(3-6-23(27)28)30-20-4-5-21(31-16(20)2)24-19(26)12-35-22(24)11-29-25(33-35)32-17-7-9-34(10-8-17)18-13-36-14-18/h4-5,11-12,17-18,23H,3,6-10,13-14H2,1-2H3,(H,32,33). The molecular weight excluding hydrogens is 471 g/mol. The van der Waals surface area contributed by atoms with Gasteiger partial charge in [-0.05, 0) is 45.2 Å². The number of alkyl halides is 2. The number of ether oxygens (including phenoxy) is 1. The van der Waals surface area contributed by atoms with Gasteiger partial charge in [0.2, 0.25) is 12.4 Å².